The van der Waals surface area contributed by atoms with Crippen molar-refractivity contribution in [2.75, 3.05) is 0 Å². The number of benzene rings is 3. The number of nitrogens with zero attached hydrogens (tertiary/aromatic N) is 2. The number of hydrogen-bond donors (Lipinski definition) is 0. The first-order valence-corrected chi connectivity index (χ1v) is 15.3. The van der Waals surface area contributed by atoms with Crippen molar-refractivity contribution in [3.05, 3.63) is 115 Å². The molecular weight excluding hydrogens is 649 g/mol. The molecule has 0 saturated heterocycles. The number of aromatic nitrogens is 2. The van der Waals surface area contributed by atoms with E-state index in [0.717, 1.165) is 39.1 Å². The van der Waals surface area contributed by atoms with Gasteiger partial charge in [0, 0.05) is 42.0 Å². The molecule has 6 rings (SSSR count). The van der Waals surface area contributed by atoms with Crippen LogP contribution in [-0.2, 0) is 20.1 Å². The van der Waals surface area contributed by atoms with Gasteiger partial charge >= 0.3 is 0 Å². The fourth-order valence-electron chi connectivity index (χ4n) is 4.17. The van der Waals surface area contributed by atoms with E-state index in [4.69, 9.17) is 9.90 Å². The summed E-state index contributed by atoms with van der Waals surface area (Å²) in [5.74, 6) is 0. The van der Waals surface area contributed by atoms with Gasteiger partial charge in [-0.1, -0.05) is 72.2 Å². The Morgan fingerprint density at radius 3 is 2.46 bits per heavy atom. The van der Waals surface area contributed by atoms with Crippen molar-refractivity contribution in [3.8, 4) is 22.5 Å². The topological polar surface area (TPSA) is 38.9 Å². The Kier molecular flexibility index (Phi) is 6.65. The van der Waals surface area contributed by atoms with Crippen molar-refractivity contribution in [1.82, 2.24) is 9.97 Å². The summed E-state index contributed by atoms with van der Waals surface area (Å²) in [6, 6.07) is 31.2. The third-order valence-electron chi connectivity index (χ3n) is 5.87. The summed E-state index contributed by atoms with van der Waals surface area (Å²) in [6.45, 7) is 4.96. The van der Waals surface area contributed by atoms with Gasteiger partial charge in [0.15, 0.2) is 0 Å². The maximum atomic E-state index is 7.84. The second-order valence-corrected chi connectivity index (χ2v) is 14.5. The Labute approximate surface area is 238 Å². The van der Waals surface area contributed by atoms with Crippen molar-refractivity contribution in [2.45, 2.75) is 26.5 Å². The van der Waals surface area contributed by atoms with Crippen LogP contribution in [0, 0.1) is 19.0 Å². The van der Waals surface area contributed by atoms with Crippen LogP contribution in [0.3, 0.4) is 0 Å². The second-order valence-electron chi connectivity index (χ2n) is 9.48. The minimum atomic E-state index is -2.09. The average molecular weight is 681 g/mol. The van der Waals surface area contributed by atoms with Gasteiger partial charge in [0.25, 0.3) is 0 Å². The van der Waals surface area contributed by atoms with Crippen LogP contribution in [0.1, 0.15) is 11.0 Å². The van der Waals surface area contributed by atoms with Gasteiger partial charge < -0.3 is 14.4 Å². The van der Waals surface area contributed by atoms with E-state index in [-0.39, 0.29) is 25.7 Å². The maximum Gasteiger partial charge on any atom is 0.120 e. The number of hydrogen-bond acceptors (Lipinski definition) is 3. The molecule has 0 unspecified atom stereocenters. The van der Waals surface area contributed by atoms with E-state index in [1.807, 2.05) is 30.3 Å². The van der Waals surface area contributed by atoms with E-state index < -0.39 is 14.9 Å². The summed E-state index contributed by atoms with van der Waals surface area (Å²) in [4.78, 5) is 8.52. The number of fused-ring (bicyclic) bond motifs is 3. The molecule has 0 aliphatic carbocycles. The van der Waals surface area contributed by atoms with Gasteiger partial charge in [0.2, 0.25) is 0 Å². The first-order valence-electron chi connectivity index (χ1n) is 13.8. The third-order valence-corrected chi connectivity index (χ3v) is 7.91. The molecule has 0 aliphatic rings. The number of aryl methyl sites for hydroxylation is 1. The van der Waals surface area contributed by atoms with Gasteiger partial charge in [-0.15, -0.1) is 54.1 Å². The zero-order valence-corrected chi connectivity index (χ0v) is 24.2. The van der Waals surface area contributed by atoms with Crippen LogP contribution in [0.25, 0.3) is 44.5 Å². The molecule has 0 aliphatic heterocycles. The van der Waals surface area contributed by atoms with Crippen molar-refractivity contribution in [1.29, 1.82) is 0 Å². The van der Waals surface area contributed by atoms with Crippen LogP contribution in [0.5, 0.6) is 0 Å². The molecule has 187 valence electrons. The Morgan fingerprint density at radius 2 is 1.76 bits per heavy atom. The summed E-state index contributed by atoms with van der Waals surface area (Å²) in [5.41, 5.74) is 5.10. The molecular formula is C32H28IrN2OSi-2. The van der Waals surface area contributed by atoms with E-state index >= 15 is 0 Å². The monoisotopic (exact) mass is 681 g/mol. The average Bonchev–Trinajstić information content (AvgIpc) is 3.32. The van der Waals surface area contributed by atoms with Gasteiger partial charge in [-0.2, -0.15) is 0 Å². The standard InChI is InChI=1S/C20H18NOSi.C12H10N.Ir/c1-23(2,3)18-12-7-11-17-19(18)15-9-6-8-14(20(15)22-17)16-10-4-5-13-21-16;1-10-7-8-12(13-9-10)11-5-3-2-4-6-11;/h4-7,9-13H,1-3H3;2-5,7-9H,1H3;/q2*-1;/i4D;1D3;. The summed E-state index contributed by atoms with van der Waals surface area (Å²) in [6.07, 6.45) is 3.05. The fourth-order valence-corrected chi connectivity index (χ4v) is 5.78. The van der Waals surface area contributed by atoms with Crippen molar-refractivity contribution >= 4 is 35.2 Å². The van der Waals surface area contributed by atoms with Crippen LogP contribution < -0.4 is 5.19 Å². The second kappa shape index (κ2) is 11.3. The van der Waals surface area contributed by atoms with Gasteiger partial charge in [-0.25, -0.2) is 0 Å². The molecule has 3 aromatic heterocycles. The Balaban J connectivity index is 0.000000200. The molecule has 0 saturated carbocycles. The molecule has 0 spiro atoms. The Bertz CT molecular complexity index is 1780. The molecule has 0 fully saturated rings. The first kappa shape index (κ1) is 21.7. The number of rotatable bonds is 3. The fraction of sp³-hybridized carbons (Fsp3) is 0.125. The van der Waals surface area contributed by atoms with E-state index in [1.54, 1.807) is 36.5 Å². The van der Waals surface area contributed by atoms with Crippen molar-refractivity contribution in [2.24, 2.45) is 0 Å². The van der Waals surface area contributed by atoms with E-state index in [1.165, 1.54) is 16.8 Å². The minimum Gasteiger partial charge on any atom is -0.501 e. The van der Waals surface area contributed by atoms with Gasteiger partial charge in [-0.05, 0) is 35.9 Å². The normalized spacial score (nSPS) is 12.9. The molecule has 3 aromatic carbocycles. The summed E-state index contributed by atoms with van der Waals surface area (Å²) in [7, 11) is -1.50. The van der Waals surface area contributed by atoms with Crippen molar-refractivity contribution in [3.63, 3.8) is 0 Å². The van der Waals surface area contributed by atoms with Crippen LogP contribution in [-0.4, -0.2) is 18.0 Å². The summed E-state index contributed by atoms with van der Waals surface area (Å²) < 4.78 is 35.7. The number of pyridine rings is 2. The van der Waals surface area contributed by atoms with E-state index in [0.29, 0.717) is 6.04 Å². The zero-order chi connectivity index (χ0) is 28.5. The molecule has 0 amide bonds. The van der Waals surface area contributed by atoms with Crippen molar-refractivity contribution < 1.29 is 30.0 Å². The zero-order valence-electron chi connectivity index (χ0n) is 24.8. The molecule has 0 atom stereocenters. The smallest absolute Gasteiger partial charge is 0.120 e. The van der Waals surface area contributed by atoms with Crippen LogP contribution in [0.4, 0.5) is 0 Å². The first-order chi connectivity index (χ1) is 19.0. The molecule has 6 aromatic rings. The van der Waals surface area contributed by atoms with E-state index in [9.17, 15) is 0 Å². The predicted molar refractivity (Wildman–Crippen MR) is 152 cm³/mol. The van der Waals surface area contributed by atoms with Crippen LogP contribution >= 0.6 is 0 Å². The maximum absolute atomic E-state index is 7.84. The summed E-state index contributed by atoms with van der Waals surface area (Å²) in [5, 5.41) is 3.72. The largest absolute Gasteiger partial charge is 0.501 e. The molecule has 3 heterocycles. The molecule has 1 radical (unpaired) electrons. The van der Waals surface area contributed by atoms with Crippen LogP contribution in [0.15, 0.2) is 102 Å². The third kappa shape index (κ3) is 5.80. The number of furan rings is 1. The quantitative estimate of drug-likeness (QED) is 0.141. The van der Waals surface area contributed by atoms with Gasteiger partial charge in [-0.3, -0.25) is 0 Å². The van der Waals surface area contributed by atoms with E-state index in [2.05, 4.69) is 59.9 Å². The summed E-state index contributed by atoms with van der Waals surface area (Å²) >= 11 is 0. The Morgan fingerprint density at radius 1 is 0.865 bits per heavy atom. The van der Waals surface area contributed by atoms with Crippen LogP contribution in [0.2, 0.25) is 19.6 Å². The minimum absolute atomic E-state index is 0. The van der Waals surface area contributed by atoms with Gasteiger partial charge in [0.1, 0.15) is 5.58 Å². The molecule has 0 bridgehead atoms. The Hall–Kier alpha value is -3.37. The molecule has 37 heavy (non-hydrogen) atoms. The SMILES string of the molecule is [2H]C([2H])([2H])c1ccc(-c2[c-]cccc2)nc1.[2H]c1ccnc(-c2[c-]ccc3c2oc2cccc([Si](C)(C)C)c23)c1.[Ir]. The molecule has 5 heteroatoms. The molecule has 3 nitrogen and oxygen atoms in total. The molecule has 0 N–H and O–H groups in total. The predicted octanol–water partition coefficient (Wildman–Crippen LogP) is 7.85. The van der Waals surface area contributed by atoms with Gasteiger partial charge in [0.05, 0.1) is 15.0 Å².